The van der Waals surface area contributed by atoms with Crippen molar-refractivity contribution in [3.63, 3.8) is 0 Å². The average Bonchev–Trinajstić information content (AvgIpc) is 2.62. The molecule has 0 fully saturated rings. The van der Waals surface area contributed by atoms with Crippen LogP contribution < -0.4 is 14.4 Å². The van der Waals surface area contributed by atoms with Crippen molar-refractivity contribution in [2.45, 2.75) is 13.8 Å². The van der Waals surface area contributed by atoms with Crippen molar-refractivity contribution >= 4 is 17.3 Å². The zero-order valence-corrected chi connectivity index (χ0v) is 14.5. The van der Waals surface area contributed by atoms with Crippen LogP contribution in [0.4, 0.5) is 11.4 Å². The van der Waals surface area contributed by atoms with Crippen LogP contribution in [0.1, 0.15) is 24.2 Å². The summed E-state index contributed by atoms with van der Waals surface area (Å²) in [5.41, 5.74) is 2.49. The van der Waals surface area contributed by atoms with Gasteiger partial charge in [-0.05, 0) is 44.2 Å². The van der Waals surface area contributed by atoms with Gasteiger partial charge in [-0.1, -0.05) is 6.07 Å². The quantitative estimate of drug-likeness (QED) is 0.850. The molecule has 1 amide bonds. The van der Waals surface area contributed by atoms with Gasteiger partial charge in [0.1, 0.15) is 0 Å². The monoisotopic (exact) mass is 326 g/mol. The van der Waals surface area contributed by atoms with Crippen molar-refractivity contribution in [3.05, 3.63) is 42.0 Å². The summed E-state index contributed by atoms with van der Waals surface area (Å²) in [5.74, 6) is 2.01. The van der Waals surface area contributed by atoms with Crippen LogP contribution >= 0.6 is 0 Å². The van der Waals surface area contributed by atoms with E-state index >= 15 is 0 Å². The highest BCUT2D eigenvalue weighted by atomic mass is 16.5. The molecule has 0 atom stereocenters. The number of amides is 1. The van der Waals surface area contributed by atoms with Gasteiger partial charge in [0, 0.05) is 25.7 Å². The van der Waals surface area contributed by atoms with Gasteiger partial charge in [0.2, 0.25) is 0 Å². The maximum Gasteiger partial charge on any atom is 0.253 e. The van der Waals surface area contributed by atoms with E-state index in [-0.39, 0.29) is 5.91 Å². The maximum atomic E-state index is 12.6. The topological polar surface area (TPSA) is 42.0 Å². The first-order valence-electron chi connectivity index (χ1n) is 8.12. The van der Waals surface area contributed by atoms with Crippen LogP contribution in [0.3, 0.4) is 0 Å². The van der Waals surface area contributed by atoms with E-state index in [4.69, 9.17) is 9.47 Å². The Morgan fingerprint density at radius 1 is 1.17 bits per heavy atom. The molecule has 0 aliphatic carbocycles. The first-order valence-corrected chi connectivity index (χ1v) is 8.12. The molecule has 2 aromatic carbocycles. The predicted molar refractivity (Wildman–Crippen MR) is 94.8 cm³/mol. The van der Waals surface area contributed by atoms with E-state index in [1.807, 2.05) is 62.2 Å². The lowest BCUT2D eigenvalue weighted by Crippen LogP contribution is -2.30. The van der Waals surface area contributed by atoms with E-state index in [0.29, 0.717) is 35.9 Å². The molecule has 0 aromatic heterocycles. The minimum absolute atomic E-state index is 0.0138. The third kappa shape index (κ3) is 2.56. The van der Waals surface area contributed by atoms with Gasteiger partial charge in [-0.25, -0.2) is 0 Å². The Balaban J connectivity index is 2.02. The summed E-state index contributed by atoms with van der Waals surface area (Å²) in [6.45, 7) is 5.32. The summed E-state index contributed by atoms with van der Waals surface area (Å²) in [6, 6.07) is 11.4. The molecule has 5 nitrogen and oxygen atoms in total. The summed E-state index contributed by atoms with van der Waals surface area (Å²) in [4.78, 5) is 16.4. The molecule has 5 heteroatoms. The Bertz CT molecular complexity index is 769. The number of hydrogen-bond donors (Lipinski definition) is 0. The van der Waals surface area contributed by atoms with Gasteiger partial charge in [0.15, 0.2) is 17.2 Å². The smallest absolute Gasteiger partial charge is 0.253 e. The number of carbonyl (C=O) groups is 1. The van der Waals surface area contributed by atoms with Crippen molar-refractivity contribution in [2.75, 3.05) is 32.1 Å². The number of para-hydroxylation sites is 1. The van der Waals surface area contributed by atoms with Crippen LogP contribution in [0.25, 0.3) is 0 Å². The van der Waals surface area contributed by atoms with Gasteiger partial charge in [-0.3, -0.25) is 4.79 Å². The van der Waals surface area contributed by atoms with Gasteiger partial charge in [0.05, 0.1) is 18.5 Å². The molecule has 0 spiro atoms. The molecule has 1 heterocycles. The van der Waals surface area contributed by atoms with E-state index in [0.717, 1.165) is 11.4 Å². The Morgan fingerprint density at radius 3 is 2.58 bits per heavy atom. The molecule has 2 aromatic rings. The molecule has 0 unspecified atom stereocenters. The highest BCUT2D eigenvalue weighted by Gasteiger charge is 2.26. The Kier molecular flexibility index (Phi) is 4.34. The molecular formula is C19H22N2O3. The number of ether oxygens (including phenoxy) is 2. The van der Waals surface area contributed by atoms with E-state index in [1.54, 1.807) is 12.0 Å². The van der Waals surface area contributed by atoms with Crippen LogP contribution in [0, 0.1) is 0 Å². The van der Waals surface area contributed by atoms with Crippen molar-refractivity contribution < 1.29 is 14.3 Å². The van der Waals surface area contributed by atoms with Crippen LogP contribution in [0.2, 0.25) is 0 Å². The SMILES string of the molecule is CCN(CC)C(=O)c1ccc2c(c1)Oc1c(OC)cccc1N2C. The van der Waals surface area contributed by atoms with Gasteiger partial charge in [-0.2, -0.15) is 0 Å². The predicted octanol–water partition coefficient (Wildman–Crippen LogP) is 4.05. The number of hydrogen-bond acceptors (Lipinski definition) is 4. The second-order valence-corrected chi connectivity index (χ2v) is 5.63. The fourth-order valence-corrected chi connectivity index (χ4v) is 2.97. The Hall–Kier alpha value is -2.69. The third-order valence-electron chi connectivity index (χ3n) is 4.37. The molecule has 0 bridgehead atoms. The number of methoxy groups -OCH3 is 1. The summed E-state index contributed by atoms with van der Waals surface area (Å²) < 4.78 is 11.5. The molecule has 1 aliphatic heterocycles. The Morgan fingerprint density at radius 2 is 1.92 bits per heavy atom. The highest BCUT2D eigenvalue weighted by Crippen LogP contribution is 2.50. The number of carbonyl (C=O) groups excluding carboxylic acids is 1. The van der Waals surface area contributed by atoms with E-state index in [1.165, 1.54) is 0 Å². The highest BCUT2D eigenvalue weighted by molar-refractivity contribution is 5.96. The van der Waals surface area contributed by atoms with Gasteiger partial charge >= 0.3 is 0 Å². The normalized spacial score (nSPS) is 12.1. The lowest BCUT2D eigenvalue weighted by Gasteiger charge is -2.31. The lowest BCUT2D eigenvalue weighted by atomic mass is 10.1. The fraction of sp³-hybridized carbons (Fsp3) is 0.316. The molecule has 0 radical (unpaired) electrons. The standard InChI is InChI=1S/C19H22N2O3/c1-5-21(6-2)19(22)13-10-11-14-17(12-13)24-18-15(20(14)3)8-7-9-16(18)23-4/h7-12H,5-6H2,1-4H3. The lowest BCUT2D eigenvalue weighted by molar-refractivity contribution is 0.0772. The molecule has 24 heavy (non-hydrogen) atoms. The van der Waals surface area contributed by atoms with Crippen molar-refractivity contribution in [2.24, 2.45) is 0 Å². The average molecular weight is 326 g/mol. The van der Waals surface area contributed by atoms with Crippen molar-refractivity contribution in [3.8, 4) is 17.2 Å². The second kappa shape index (κ2) is 6.43. The van der Waals surface area contributed by atoms with Crippen molar-refractivity contribution in [1.82, 2.24) is 4.90 Å². The molecule has 1 aliphatic rings. The van der Waals surface area contributed by atoms with Crippen LogP contribution in [0.5, 0.6) is 17.2 Å². The summed E-state index contributed by atoms with van der Waals surface area (Å²) in [5, 5.41) is 0. The van der Waals surface area contributed by atoms with E-state index < -0.39 is 0 Å². The first kappa shape index (κ1) is 16.2. The number of rotatable bonds is 4. The molecule has 3 rings (SSSR count). The van der Waals surface area contributed by atoms with Gasteiger partial charge < -0.3 is 19.3 Å². The zero-order chi connectivity index (χ0) is 17.3. The fourth-order valence-electron chi connectivity index (χ4n) is 2.97. The summed E-state index contributed by atoms with van der Waals surface area (Å²) in [7, 11) is 3.60. The molecule has 126 valence electrons. The third-order valence-corrected chi connectivity index (χ3v) is 4.37. The zero-order valence-electron chi connectivity index (χ0n) is 14.5. The summed E-state index contributed by atoms with van der Waals surface area (Å²) >= 11 is 0. The number of benzene rings is 2. The van der Waals surface area contributed by atoms with Crippen LogP contribution in [0.15, 0.2) is 36.4 Å². The summed E-state index contributed by atoms with van der Waals surface area (Å²) in [6.07, 6.45) is 0. The second-order valence-electron chi connectivity index (χ2n) is 5.63. The molecular weight excluding hydrogens is 304 g/mol. The first-order chi connectivity index (χ1) is 11.6. The molecule has 0 saturated heterocycles. The number of nitrogens with zero attached hydrogens (tertiary/aromatic N) is 2. The van der Waals surface area contributed by atoms with Crippen molar-refractivity contribution in [1.29, 1.82) is 0 Å². The minimum atomic E-state index is 0.0138. The maximum absolute atomic E-state index is 12.6. The molecule has 0 N–H and O–H groups in total. The number of anilines is 2. The van der Waals surface area contributed by atoms with Gasteiger partial charge in [-0.15, -0.1) is 0 Å². The van der Waals surface area contributed by atoms with E-state index in [2.05, 4.69) is 0 Å². The van der Waals surface area contributed by atoms with Crippen LogP contribution in [-0.2, 0) is 0 Å². The minimum Gasteiger partial charge on any atom is -0.493 e. The van der Waals surface area contributed by atoms with Gasteiger partial charge in [0.25, 0.3) is 5.91 Å². The van der Waals surface area contributed by atoms with Crippen LogP contribution in [-0.4, -0.2) is 38.1 Å². The Labute approximate surface area is 142 Å². The largest absolute Gasteiger partial charge is 0.493 e. The van der Waals surface area contributed by atoms with E-state index in [9.17, 15) is 4.79 Å². The number of fused-ring (bicyclic) bond motifs is 2. The molecule has 0 saturated carbocycles.